The van der Waals surface area contributed by atoms with Gasteiger partial charge in [0.15, 0.2) is 0 Å². The summed E-state index contributed by atoms with van der Waals surface area (Å²) in [4.78, 5) is 21.5. The summed E-state index contributed by atoms with van der Waals surface area (Å²) in [6, 6.07) is 0. The van der Waals surface area contributed by atoms with Gasteiger partial charge in [0.25, 0.3) is 0 Å². The Labute approximate surface area is 126 Å². The number of carbonyl (C=O) groups is 2. The van der Waals surface area contributed by atoms with Gasteiger partial charge in [-0.1, -0.05) is 30.4 Å². The molecular weight excluding hydrogens is 264 g/mol. The number of hydrogen-bond acceptors (Lipinski definition) is 3. The van der Waals surface area contributed by atoms with Crippen molar-refractivity contribution in [2.24, 2.45) is 23.7 Å². The first-order valence-electron chi connectivity index (χ1n) is 7.78. The van der Waals surface area contributed by atoms with Gasteiger partial charge in [-0.2, -0.15) is 0 Å². The van der Waals surface area contributed by atoms with Gasteiger partial charge < -0.3 is 4.74 Å². The van der Waals surface area contributed by atoms with Crippen molar-refractivity contribution < 1.29 is 14.3 Å². The Morgan fingerprint density at radius 3 is 2.86 bits per heavy atom. The first-order chi connectivity index (χ1) is 10.3. The molecule has 0 saturated heterocycles. The summed E-state index contributed by atoms with van der Waals surface area (Å²) in [5.74, 6) is 2.26. The molecule has 1 saturated carbocycles. The summed E-state index contributed by atoms with van der Waals surface area (Å²) in [7, 11) is 1.42. The maximum absolute atomic E-state index is 11.0. The second-order valence-corrected chi connectivity index (χ2v) is 5.89. The number of rotatable bonds is 8. The van der Waals surface area contributed by atoms with Gasteiger partial charge in [-0.05, 0) is 55.4 Å². The third kappa shape index (κ3) is 4.16. The largest absolute Gasteiger partial charge is 0.469 e. The zero-order valence-electron chi connectivity index (χ0n) is 12.6. The summed E-state index contributed by atoms with van der Waals surface area (Å²) in [6.07, 6.45) is 18.2. The molecule has 4 atom stereocenters. The molecule has 0 aromatic heterocycles. The Morgan fingerprint density at radius 1 is 1.29 bits per heavy atom. The lowest BCUT2D eigenvalue weighted by atomic mass is 9.80. The molecule has 21 heavy (non-hydrogen) atoms. The van der Waals surface area contributed by atoms with Crippen LogP contribution in [0.1, 0.15) is 32.1 Å². The van der Waals surface area contributed by atoms with Crippen LogP contribution < -0.4 is 0 Å². The van der Waals surface area contributed by atoms with Gasteiger partial charge in [0.2, 0.25) is 0 Å². The van der Waals surface area contributed by atoms with E-state index >= 15 is 0 Å². The standard InChI is InChI=1S/C18H24O3/c1-21-18(20)9-5-3-2-4-7-16-14-10-11-15(13-14)17(16)8-6-12-19/h2,4,6,8,10-12,14-17H,3,5,7,9,13H2,1H3/b4-2-,8-6?/t14-,15-,16?,17?/m0/s1. The number of allylic oxidation sites excluding steroid dienone is 6. The van der Waals surface area contributed by atoms with Gasteiger partial charge in [-0.3, -0.25) is 9.59 Å². The van der Waals surface area contributed by atoms with Gasteiger partial charge in [-0.25, -0.2) is 0 Å². The van der Waals surface area contributed by atoms with E-state index in [-0.39, 0.29) is 5.97 Å². The number of ether oxygens (including phenoxy) is 1. The molecule has 0 spiro atoms. The van der Waals surface area contributed by atoms with Gasteiger partial charge >= 0.3 is 5.97 Å². The van der Waals surface area contributed by atoms with Gasteiger partial charge in [-0.15, -0.1) is 0 Å². The first kappa shape index (κ1) is 15.7. The zero-order chi connectivity index (χ0) is 15.1. The van der Waals surface area contributed by atoms with Gasteiger partial charge in [0, 0.05) is 6.42 Å². The van der Waals surface area contributed by atoms with E-state index in [1.165, 1.54) is 13.5 Å². The number of aldehydes is 1. The molecule has 0 amide bonds. The van der Waals surface area contributed by atoms with Crippen LogP contribution in [0.15, 0.2) is 36.5 Å². The van der Waals surface area contributed by atoms with Crippen LogP contribution >= 0.6 is 0 Å². The van der Waals surface area contributed by atoms with Crippen molar-refractivity contribution in [1.29, 1.82) is 0 Å². The summed E-state index contributed by atoms with van der Waals surface area (Å²) in [5, 5.41) is 0. The third-order valence-corrected chi connectivity index (χ3v) is 4.65. The summed E-state index contributed by atoms with van der Waals surface area (Å²) in [6.45, 7) is 0. The normalized spacial score (nSPS) is 30.5. The molecule has 2 bridgehead atoms. The summed E-state index contributed by atoms with van der Waals surface area (Å²) < 4.78 is 4.62. The number of hydrogen-bond donors (Lipinski definition) is 0. The Morgan fingerprint density at radius 2 is 2.10 bits per heavy atom. The molecule has 2 rings (SSSR count). The fourth-order valence-electron chi connectivity index (χ4n) is 3.59. The smallest absolute Gasteiger partial charge is 0.305 e. The number of esters is 1. The highest BCUT2D eigenvalue weighted by Crippen LogP contribution is 2.50. The van der Waals surface area contributed by atoms with Crippen molar-refractivity contribution >= 4 is 12.3 Å². The van der Waals surface area contributed by atoms with Crippen LogP contribution in [0.2, 0.25) is 0 Å². The molecule has 0 heterocycles. The van der Waals surface area contributed by atoms with E-state index in [0.717, 1.165) is 25.5 Å². The minimum atomic E-state index is -0.138. The molecule has 0 aliphatic heterocycles. The number of methoxy groups -OCH3 is 1. The van der Waals surface area contributed by atoms with E-state index in [0.29, 0.717) is 30.1 Å². The van der Waals surface area contributed by atoms with Crippen molar-refractivity contribution in [2.45, 2.75) is 32.1 Å². The molecule has 0 aromatic carbocycles. The maximum atomic E-state index is 11.0. The van der Waals surface area contributed by atoms with E-state index in [2.05, 4.69) is 35.1 Å². The number of unbranched alkanes of at least 4 members (excludes halogenated alkanes) is 1. The molecule has 2 unspecified atom stereocenters. The summed E-state index contributed by atoms with van der Waals surface area (Å²) in [5.41, 5.74) is 0. The lowest BCUT2D eigenvalue weighted by Gasteiger charge is -2.24. The van der Waals surface area contributed by atoms with Crippen LogP contribution in [0.3, 0.4) is 0 Å². The average molecular weight is 288 g/mol. The number of carbonyl (C=O) groups excluding carboxylic acids is 2. The molecule has 0 radical (unpaired) electrons. The predicted octanol–water partition coefficient (Wildman–Crippen LogP) is 3.47. The van der Waals surface area contributed by atoms with Crippen LogP contribution in [0.25, 0.3) is 0 Å². The second-order valence-electron chi connectivity index (χ2n) is 5.89. The Kier molecular flexibility index (Phi) is 5.97. The van der Waals surface area contributed by atoms with Gasteiger partial charge in [0.1, 0.15) is 6.29 Å². The first-order valence-corrected chi connectivity index (χ1v) is 7.78. The quantitative estimate of drug-likeness (QED) is 0.226. The second kappa shape index (κ2) is 7.96. The van der Waals surface area contributed by atoms with Crippen molar-refractivity contribution in [1.82, 2.24) is 0 Å². The average Bonchev–Trinajstić information content (AvgIpc) is 3.09. The van der Waals surface area contributed by atoms with E-state index < -0.39 is 0 Å². The monoisotopic (exact) mass is 288 g/mol. The molecule has 2 aliphatic carbocycles. The van der Waals surface area contributed by atoms with Crippen LogP contribution in [-0.2, 0) is 14.3 Å². The van der Waals surface area contributed by atoms with Crippen LogP contribution in [0.4, 0.5) is 0 Å². The maximum Gasteiger partial charge on any atom is 0.305 e. The molecular formula is C18H24O3. The van der Waals surface area contributed by atoms with E-state index in [1.807, 2.05) is 0 Å². The van der Waals surface area contributed by atoms with Crippen LogP contribution in [-0.4, -0.2) is 19.4 Å². The van der Waals surface area contributed by atoms with Crippen LogP contribution in [0.5, 0.6) is 0 Å². The minimum Gasteiger partial charge on any atom is -0.469 e. The summed E-state index contributed by atoms with van der Waals surface area (Å²) >= 11 is 0. The topological polar surface area (TPSA) is 43.4 Å². The fraction of sp³-hybridized carbons (Fsp3) is 0.556. The highest BCUT2D eigenvalue weighted by molar-refractivity contribution is 5.69. The van der Waals surface area contributed by atoms with E-state index in [9.17, 15) is 9.59 Å². The zero-order valence-corrected chi connectivity index (χ0v) is 12.6. The Hall–Kier alpha value is -1.64. The van der Waals surface area contributed by atoms with Crippen molar-refractivity contribution in [3.63, 3.8) is 0 Å². The number of fused-ring (bicyclic) bond motifs is 2. The van der Waals surface area contributed by atoms with Crippen molar-refractivity contribution in [3.05, 3.63) is 36.5 Å². The Balaban J connectivity index is 1.76. The predicted molar refractivity (Wildman–Crippen MR) is 82.5 cm³/mol. The lowest BCUT2D eigenvalue weighted by molar-refractivity contribution is -0.140. The molecule has 0 N–H and O–H groups in total. The molecule has 3 nitrogen and oxygen atoms in total. The van der Waals surface area contributed by atoms with Gasteiger partial charge in [0.05, 0.1) is 7.11 Å². The SMILES string of the molecule is COC(=O)CCC/C=C\CC1C(C=CC=O)[C@H]2C=C[C@H]1C2. The lowest BCUT2D eigenvalue weighted by Crippen LogP contribution is -2.17. The molecule has 2 aliphatic rings. The molecule has 3 heteroatoms. The van der Waals surface area contributed by atoms with Crippen LogP contribution in [0, 0.1) is 23.7 Å². The molecule has 1 fully saturated rings. The third-order valence-electron chi connectivity index (χ3n) is 4.65. The molecule has 114 valence electrons. The molecule has 0 aromatic rings. The Bertz CT molecular complexity index is 447. The van der Waals surface area contributed by atoms with Crippen molar-refractivity contribution in [3.8, 4) is 0 Å². The van der Waals surface area contributed by atoms with Crippen molar-refractivity contribution in [2.75, 3.05) is 7.11 Å². The fourth-order valence-corrected chi connectivity index (χ4v) is 3.59. The van der Waals surface area contributed by atoms with E-state index in [4.69, 9.17) is 0 Å². The minimum absolute atomic E-state index is 0.138. The highest BCUT2D eigenvalue weighted by Gasteiger charge is 2.42. The highest BCUT2D eigenvalue weighted by atomic mass is 16.5. The van der Waals surface area contributed by atoms with E-state index in [1.54, 1.807) is 6.08 Å².